The van der Waals surface area contributed by atoms with Crippen molar-refractivity contribution in [3.8, 4) is 11.5 Å². The molecule has 0 spiro atoms. The number of imidazole rings is 3. The van der Waals surface area contributed by atoms with Gasteiger partial charge in [-0.05, 0) is 179 Å². The van der Waals surface area contributed by atoms with Crippen LogP contribution >= 0.6 is 0 Å². The molecule has 0 fully saturated rings. The Bertz CT molecular complexity index is 3280. The van der Waals surface area contributed by atoms with Crippen molar-refractivity contribution in [1.82, 2.24) is 29.5 Å². The number of ether oxygens (including phenoxy) is 2. The van der Waals surface area contributed by atoms with Crippen molar-refractivity contribution >= 4 is 0 Å². The second-order valence-electron chi connectivity index (χ2n) is 21.4. The highest BCUT2D eigenvalue weighted by molar-refractivity contribution is 5.46. The minimum atomic E-state index is 0.227. The molecule has 0 saturated heterocycles. The van der Waals surface area contributed by atoms with Gasteiger partial charge in [0, 0.05) is 60.0 Å². The minimum Gasteiger partial charge on any atom is -0.497 e. The van der Waals surface area contributed by atoms with E-state index in [0.717, 1.165) is 56.6 Å². The van der Waals surface area contributed by atoms with Crippen LogP contribution in [0.2, 0.25) is 0 Å². The lowest BCUT2D eigenvalue weighted by Gasteiger charge is -2.23. The van der Waals surface area contributed by atoms with Crippen molar-refractivity contribution in [2.45, 2.75) is 118 Å². The number of hydrogen-bond acceptors (Lipinski definition) is 5. The maximum absolute atomic E-state index is 5.48. The van der Waals surface area contributed by atoms with Gasteiger partial charge < -0.3 is 24.0 Å². The van der Waals surface area contributed by atoms with E-state index < -0.39 is 0 Å². The number of rotatable bonds is 19. The first kappa shape index (κ1) is 57.0. The quantitative estimate of drug-likeness (QED) is 0.0841. The summed E-state index contributed by atoms with van der Waals surface area (Å²) in [5, 5.41) is 0. The number of benzene rings is 7. The number of aromatic nitrogens is 6. The van der Waals surface area contributed by atoms with E-state index in [1.165, 1.54) is 101 Å². The van der Waals surface area contributed by atoms with Crippen molar-refractivity contribution in [2.24, 2.45) is 0 Å². The molecule has 7 aromatic carbocycles. The lowest BCUT2D eigenvalue weighted by Crippen LogP contribution is -2.08. The summed E-state index contributed by atoms with van der Waals surface area (Å²) in [7, 11) is 3.42. The summed E-state index contributed by atoms with van der Waals surface area (Å²) < 4.78 is 13.2. The van der Waals surface area contributed by atoms with E-state index in [-0.39, 0.29) is 5.92 Å². The maximum atomic E-state index is 5.48. The van der Waals surface area contributed by atoms with E-state index in [9.17, 15) is 0 Å². The molecule has 0 unspecified atom stereocenters. The largest absolute Gasteiger partial charge is 0.497 e. The van der Waals surface area contributed by atoms with Gasteiger partial charge in [0.1, 0.15) is 11.5 Å². The molecule has 79 heavy (non-hydrogen) atoms. The monoisotopic (exact) mass is 1050 g/mol. The smallest absolute Gasteiger partial charge is 0.119 e. The maximum Gasteiger partial charge on any atom is 0.119 e. The first-order valence-electron chi connectivity index (χ1n) is 27.9. The molecule has 8 heteroatoms. The number of aromatic amines is 2. The van der Waals surface area contributed by atoms with Crippen molar-refractivity contribution < 1.29 is 9.47 Å². The second-order valence-corrected chi connectivity index (χ2v) is 21.4. The molecular formula is C71H80N6O2. The van der Waals surface area contributed by atoms with Gasteiger partial charge in [-0.1, -0.05) is 150 Å². The number of aryl methyl sites for hydroxylation is 9. The van der Waals surface area contributed by atoms with Gasteiger partial charge in [-0.2, -0.15) is 0 Å². The van der Waals surface area contributed by atoms with Crippen LogP contribution in [0.4, 0.5) is 0 Å². The zero-order valence-electron chi connectivity index (χ0n) is 48.2. The lowest BCUT2D eigenvalue weighted by molar-refractivity contribution is 0.413. The molecule has 406 valence electrons. The molecule has 3 heterocycles. The summed E-state index contributed by atoms with van der Waals surface area (Å²) in [5.41, 5.74) is 24.0. The summed E-state index contributed by atoms with van der Waals surface area (Å²) in [6.45, 7) is 18.5. The van der Waals surface area contributed by atoms with Crippen LogP contribution in [0.25, 0.3) is 0 Å². The number of nitrogens with one attached hydrogen (secondary N) is 2. The van der Waals surface area contributed by atoms with E-state index in [1.54, 1.807) is 26.9 Å². The van der Waals surface area contributed by atoms with E-state index in [4.69, 9.17) is 9.47 Å². The van der Waals surface area contributed by atoms with Crippen molar-refractivity contribution in [1.29, 1.82) is 0 Å². The molecule has 3 aromatic heterocycles. The molecular weight excluding hydrogens is 969 g/mol. The van der Waals surface area contributed by atoms with Gasteiger partial charge in [0.2, 0.25) is 0 Å². The van der Waals surface area contributed by atoms with Gasteiger partial charge in [-0.25, -0.2) is 15.0 Å². The first-order chi connectivity index (χ1) is 38.3. The molecule has 0 aliphatic rings. The third kappa shape index (κ3) is 15.7. The minimum absolute atomic E-state index is 0.227. The fourth-order valence-corrected chi connectivity index (χ4v) is 11.2. The Morgan fingerprint density at radius 3 is 1.35 bits per heavy atom. The standard InChI is InChI=1S/C27H28N2O2.2C22H26N2/c1-30-25-12-6-10-22(16-25)27(23-11-7-13-26(17-23)31-2)15-14-24-18-28-20-29(24)19-21-8-4-3-5-9-21;1-15-7-5-9-20(17(15)3)22(12-11-19-13-23-14-24-19)21-10-6-8-16(2)18(21)4;1-15-7-16(2)10-19(9-15)22(6-5-21-13-23-14-24-21)20-11-17(3)8-18(4)12-20/h3-13,16-18,20,27H,14-15,19H2,1-2H3;5-10,13-14,22H,11-12H2,1-4H3,(H,23,24);7-14,22H,5-6H2,1-4H3,(H,23,24). The first-order valence-corrected chi connectivity index (χ1v) is 27.9. The van der Waals surface area contributed by atoms with Crippen molar-refractivity contribution in [3.05, 3.63) is 290 Å². The van der Waals surface area contributed by atoms with E-state index in [0.29, 0.717) is 11.8 Å². The van der Waals surface area contributed by atoms with Crippen molar-refractivity contribution in [3.63, 3.8) is 0 Å². The summed E-state index contributed by atoms with van der Waals surface area (Å²) in [5.74, 6) is 2.79. The van der Waals surface area contributed by atoms with Crippen LogP contribution in [-0.2, 0) is 25.8 Å². The molecule has 0 saturated carbocycles. The molecule has 0 aliphatic carbocycles. The molecule has 0 radical (unpaired) electrons. The van der Waals surface area contributed by atoms with Crippen molar-refractivity contribution in [2.75, 3.05) is 14.2 Å². The van der Waals surface area contributed by atoms with Gasteiger partial charge in [0.15, 0.2) is 0 Å². The Labute approximate surface area is 470 Å². The summed E-state index contributed by atoms with van der Waals surface area (Å²) in [6.07, 6.45) is 17.3. The van der Waals surface area contributed by atoms with Crippen LogP contribution in [0.15, 0.2) is 189 Å². The third-order valence-corrected chi connectivity index (χ3v) is 15.5. The summed E-state index contributed by atoms with van der Waals surface area (Å²) in [4.78, 5) is 19.2. The highest BCUT2D eigenvalue weighted by Gasteiger charge is 2.21. The second kappa shape index (κ2) is 27.9. The van der Waals surface area contributed by atoms with Gasteiger partial charge >= 0.3 is 0 Å². The molecule has 2 N–H and O–H groups in total. The molecule has 0 bridgehead atoms. The molecule has 8 nitrogen and oxygen atoms in total. The van der Waals surface area contributed by atoms with Gasteiger partial charge in [-0.15, -0.1) is 0 Å². The average Bonchev–Trinajstić information content (AvgIpc) is 4.32. The highest BCUT2D eigenvalue weighted by atomic mass is 16.5. The Kier molecular flexibility index (Phi) is 20.1. The van der Waals surface area contributed by atoms with E-state index in [1.807, 2.05) is 43.1 Å². The molecule has 0 atom stereocenters. The summed E-state index contributed by atoms with van der Waals surface area (Å²) in [6, 6.07) is 54.4. The highest BCUT2D eigenvalue weighted by Crippen LogP contribution is 2.37. The Hall–Kier alpha value is -8.23. The fourth-order valence-electron chi connectivity index (χ4n) is 11.2. The number of methoxy groups -OCH3 is 2. The molecule has 0 aliphatic heterocycles. The Morgan fingerprint density at radius 1 is 0.430 bits per heavy atom. The predicted molar refractivity (Wildman–Crippen MR) is 325 cm³/mol. The molecule has 0 amide bonds. The van der Waals surface area contributed by atoms with Crippen LogP contribution in [0.5, 0.6) is 11.5 Å². The fraction of sp³-hybridized carbons (Fsp3) is 0.282. The van der Waals surface area contributed by atoms with Crippen LogP contribution in [0, 0.1) is 55.4 Å². The Morgan fingerprint density at radius 2 is 0.886 bits per heavy atom. The zero-order chi connectivity index (χ0) is 55.7. The van der Waals surface area contributed by atoms with Crippen LogP contribution in [-0.4, -0.2) is 43.7 Å². The van der Waals surface area contributed by atoms with E-state index in [2.05, 4.69) is 218 Å². The summed E-state index contributed by atoms with van der Waals surface area (Å²) >= 11 is 0. The number of nitrogens with zero attached hydrogens (tertiary/aromatic N) is 4. The average molecular weight is 1050 g/mol. The van der Waals surface area contributed by atoms with Gasteiger partial charge in [-0.3, -0.25) is 0 Å². The molecule has 10 aromatic rings. The number of hydrogen-bond donors (Lipinski definition) is 2. The lowest BCUT2D eigenvalue weighted by atomic mass is 9.81. The topological polar surface area (TPSA) is 93.6 Å². The van der Waals surface area contributed by atoms with Gasteiger partial charge in [0.05, 0.1) is 33.2 Å². The SMILES string of the molecule is COc1cccc(C(CCc2cncn2Cc2ccccc2)c2cccc(OC)c2)c1.Cc1cc(C)cc(C(CCc2cnc[nH]2)c2cc(C)cc(C)c2)c1.Cc1cccc(C(CCc2cnc[nH]2)c2cccc(C)c2C)c1C. The normalized spacial score (nSPS) is 11.1. The third-order valence-electron chi connectivity index (χ3n) is 15.5. The van der Waals surface area contributed by atoms with Crippen LogP contribution in [0.1, 0.15) is 138 Å². The van der Waals surface area contributed by atoms with Crippen LogP contribution in [0.3, 0.4) is 0 Å². The van der Waals surface area contributed by atoms with Gasteiger partial charge in [0.25, 0.3) is 0 Å². The predicted octanol–water partition coefficient (Wildman–Crippen LogP) is 16.5. The van der Waals surface area contributed by atoms with Crippen LogP contribution < -0.4 is 9.47 Å². The van der Waals surface area contributed by atoms with E-state index >= 15 is 0 Å². The number of H-pyrrole nitrogens is 2. The molecule has 10 rings (SSSR count). The Balaban J connectivity index is 0.000000158. The zero-order valence-corrected chi connectivity index (χ0v) is 48.2.